The zero-order chi connectivity index (χ0) is 56.7. The molecule has 2 aliphatic rings. The summed E-state index contributed by atoms with van der Waals surface area (Å²) in [6.45, 7) is 9.33. The van der Waals surface area contributed by atoms with E-state index in [0.29, 0.717) is 24.0 Å². The molecular weight excluding hydrogens is 1020 g/mol. The predicted molar refractivity (Wildman–Crippen MR) is 268 cm³/mol. The molecule has 414 valence electrons. The number of aliphatic hydroxyl groups is 2. The number of hydroxylamine groups is 2. The molecule has 2 saturated heterocycles. The second kappa shape index (κ2) is 27.6. The summed E-state index contributed by atoms with van der Waals surface area (Å²) in [5.74, 6) is 3.96. The van der Waals surface area contributed by atoms with Gasteiger partial charge in [-0.3, -0.25) is 9.68 Å². The third kappa shape index (κ3) is 13.7. The van der Waals surface area contributed by atoms with E-state index in [1.54, 1.807) is 13.8 Å². The standard InChI is InChI=1S/C26H28N2O11.C25H30N2O11/c1-7-12-35-28-26(32)39-23-20(30)22(33-6)16(8-2)36-25(23)37-17-11-10-15-19(29)18(14(5)27-34-9-3)24(31)38-21(15)13(17)4;1-7-11-34-27-25(31)38-22-19(29)24(35-15(8-2)21(22)32-5)36-16-10-9-14-18(28)17(13(4)26-33-6)23(30)37-20(14)12(16)3/h1,3,10-11,16,20,22-23,25,29-30H,8,12H2,2,4-6H3,(H,28,32);1,9-10,15,19,21-22,24,28-29H,8,11H2,2-6H3,(H,27,31)/b27-14+;26-13+/t16-,20+,22-,23+,25?;15-,19+,21-,22-,24?/m00/s1. The maximum Gasteiger partial charge on any atom is 0.431 e. The van der Waals surface area contributed by atoms with E-state index in [2.05, 4.69) is 31.8 Å². The van der Waals surface area contributed by atoms with Crippen molar-refractivity contribution >= 4 is 45.5 Å². The second-order valence-corrected chi connectivity index (χ2v) is 16.6. The van der Waals surface area contributed by atoms with Crippen LogP contribution in [-0.4, -0.2) is 140 Å². The molecule has 0 saturated carbocycles. The van der Waals surface area contributed by atoms with E-state index in [-0.39, 0.29) is 75.0 Å². The van der Waals surface area contributed by atoms with E-state index < -0.39 is 90.6 Å². The van der Waals surface area contributed by atoms with Crippen LogP contribution in [0.15, 0.2) is 53.0 Å². The first-order chi connectivity index (χ1) is 36.8. The quantitative estimate of drug-likeness (QED) is 0.0273. The zero-order valence-electron chi connectivity index (χ0n) is 43.2. The van der Waals surface area contributed by atoms with Crippen molar-refractivity contribution in [2.24, 2.45) is 10.3 Å². The number of carbonyl (C=O) groups is 2. The van der Waals surface area contributed by atoms with Crippen LogP contribution in [0.25, 0.3) is 21.9 Å². The first kappa shape index (κ1) is 59.8. The number of nitrogens with one attached hydrogen (secondary N) is 2. The van der Waals surface area contributed by atoms with E-state index in [1.807, 2.05) is 30.9 Å². The number of fused-ring (bicyclic) bond motifs is 2. The van der Waals surface area contributed by atoms with Gasteiger partial charge in [0, 0.05) is 25.3 Å². The van der Waals surface area contributed by atoms with Crippen LogP contribution in [0.2, 0.25) is 0 Å². The highest BCUT2D eigenvalue weighted by molar-refractivity contribution is 6.05. The highest BCUT2D eigenvalue weighted by Gasteiger charge is 2.50. The molecule has 6 rings (SSSR count). The summed E-state index contributed by atoms with van der Waals surface area (Å²) >= 11 is 0. The fraction of sp³-hybridized carbons (Fsp3) is 0.451. The number of rotatable bonds is 18. The summed E-state index contributed by atoms with van der Waals surface area (Å²) in [5, 5.41) is 51.2. The molecule has 26 heteroatoms. The summed E-state index contributed by atoms with van der Waals surface area (Å²) in [7, 11) is 4.09. The molecule has 0 radical (unpaired) electrons. The van der Waals surface area contributed by atoms with Crippen LogP contribution in [-0.2, 0) is 47.8 Å². The Bertz CT molecular complexity index is 3060. The predicted octanol–water partition coefficient (Wildman–Crippen LogP) is 3.41. The fourth-order valence-electron chi connectivity index (χ4n) is 8.24. The summed E-state index contributed by atoms with van der Waals surface area (Å²) in [6.07, 6.45) is 4.89. The average molecular weight is 1080 g/mol. The van der Waals surface area contributed by atoms with Crippen LogP contribution in [0, 0.1) is 51.1 Å². The van der Waals surface area contributed by atoms with Crippen molar-refractivity contribution < 1.29 is 96.1 Å². The Morgan fingerprint density at radius 2 is 1.12 bits per heavy atom. The third-order valence-corrected chi connectivity index (χ3v) is 11.9. The lowest BCUT2D eigenvalue weighted by atomic mass is 9.96. The molecule has 2 aromatic carbocycles. The Morgan fingerprint density at radius 3 is 1.57 bits per heavy atom. The van der Waals surface area contributed by atoms with Gasteiger partial charge < -0.3 is 76.8 Å². The minimum atomic E-state index is -1.49. The lowest BCUT2D eigenvalue weighted by molar-refractivity contribution is -0.277. The largest absolute Gasteiger partial charge is 0.506 e. The van der Waals surface area contributed by atoms with Crippen molar-refractivity contribution in [1.82, 2.24) is 11.0 Å². The number of oxime groups is 2. The van der Waals surface area contributed by atoms with Gasteiger partial charge in [-0.05, 0) is 64.8 Å². The molecule has 2 unspecified atom stereocenters. The molecule has 4 heterocycles. The number of amides is 2. The molecule has 6 N–H and O–H groups in total. The SMILES string of the molecule is C#CCONC(=O)O[C@@H]1[C@@H](OC)[C@H](CC)OC(Oc2ccc3c(O)c(/C(C)=N/OC)c(=O)oc3c2C)[C@@H]1O.C#CCONC(=O)O[C@H]1C(Oc2ccc3c(O)c(/C(C)=N/OC#C)c(=O)oc3c2C)O[C@@H](CC)[C@H](OC)[C@H]1O. The van der Waals surface area contributed by atoms with Gasteiger partial charge in [0.15, 0.2) is 18.3 Å². The van der Waals surface area contributed by atoms with Gasteiger partial charge in [-0.2, -0.15) is 11.0 Å². The highest BCUT2D eigenvalue weighted by Crippen LogP contribution is 2.38. The number of aromatic hydroxyl groups is 2. The molecule has 26 nitrogen and oxygen atoms in total. The number of carbonyl (C=O) groups excluding carboxylic acids is 2. The van der Waals surface area contributed by atoms with Crippen molar-refractivity contribution in [2.75, 3.05) is 34.5 Å². The molecule has 0 bridgehead atoms. The highest BCUT2D eigenvalue weighted by atomic mass is 16.7. The zero-order valence-corrected chi connectivity index (χ0v) is 43.2. The summed E-state index contributed by atoms with van der Waals surface area (Å²) in [4.78, 5) is 68.4. The fourth-order valence-corrected chi connectivity index (χ4v) is 8.24. The number of methoxy groups -OCH3 is 2. The van der Waals surface area contributed by atoms with Crippen molar-refractivity contribution in [1.29, 1.82) is 0 Å². The molecule has 4 aromatic rings. The van der Waals surface area contributed by atoms with E-state index in [9.17, 15) is 39.6 Å². The second-order valence-electron chi connectivity index (χ2n) is 16.6. The first-order valence-electron chi connectivity index (χ1n) is 23.3. The minimum absolute atomic E-state index is 0.00599. The molecule has 2 aromatic heterocycles. The monoisotopic (exact) mass is 1080 g/mol. The molecule has 10 atom stereocenters. The molecule has 2 aliphatic heterocycles. The maximum absolute atomic E-state index is 12.7. The average Bonchev–Trinajstić information content (AvgIpc) is 3.40. The smallest absolute Gasteiger partial charge is 0.431 e. The van der Waals surface area contributed by atoms with Gasteiger partial charge in [0.1, 0.15) is 90.0 Å². The van der Waals surface area contributed by atoms with Crippen molar-refractivity contribution in [3.05, 3.63) is 67.4 Å². The van der Waals surface area contributed by atoms with Crippen molar-refractivity contribution in [3.63, 3.8) is 0 Å². The lowest BCUT2D eigenvalue weighted by Gasteiger charge is -2.43. The number of benzene rings is 2. The van der Waals surface area contributed by atoms with Crippen LogP contribution in [0.3, 0.4) is 0 Å². The van der Waals surface area contributed by atoms with Crippen LogP contribution in [0.5, 0.6) is 23.0 Å². The Kier molecular flexibility index (Phi) is 21.4. The summed E-state index contributed by atoms with van der Waals surface area (Å²) in [5.41, 5.74) is 2.78. The number of aryl methyl sites for hydroxylation is 2. The Balaban J connectivity index is 0.000000284. The van der Waals surface area contributed by atoms with Gasteiger partial charge in [-0.25, -0.2) is 19.2 Å². The third-order valence-electron chi connectivity index (χ3n) is 11.9. The van der Waals surface area contributed by atoms with Gasteiger partial charge in [0.2, 0.25) is 12.6 Å². The number of ether oxygens (including phenoxy) is 8. The van der Waals surface area contributed by atoms with Crippen molar-refractivity contribution in [2.45, 2.75) is 116 Å². The molecule has 0 aliphatic carbocycles. The minimum Gasteiger partial charge on any atom is -0.506 e. The van der Waals surface area contributed by atoms with Crippen molar-refractivity contribution in [3.8, 4) is 60.2 Å². The lowest BCUT2D eigenvalue weighted by Crippen LogP contribution is -2.61. The van der Waals surface area contributed by atoms with E-state index >= 15 is 0 Å². The molecule has 0 spiro atoms. The van der Waals surface area contributed by atoms with Crippen LogP contribution < -0.4 is 31.7 Å². The topological polar surface area (TPSA) is 335 Å². The van der Waals surface area contributed by atoms with Gasteiger partial charge in [0.05, 0.1) is 34.4 Å². The number of terminal acetylenes is 3. The Morgan fingerprint density at radius 1 is 0.662 bits per heavy atom. The number of hydrogen-bond donors (Lipinski definition) is 6. The van der Waals surface area contributed by atoms with Gasteiger partial charge in [0.25, 0.3) is 0 Å². The molecule has 2 fully saturated rings. The normalized spacial score (nSPS) is 23.2. The van der Waals surface area contributed by atoms with Crippen LogP contribution in [0.1, 0.15) is 62.8 Å². The molecule has 2 amide bonds. The van der Waals surface area contributed by atoms with Gasteiger partial charge >= 0.3 is 23.4 Å². The van der Waals surface area contributed by atoms with E-state index in [4.69, 9.17) is 75.7 Å². The van der Waals surface area contributed by atoms with Gasteiger partial charge in [-0.15, -0.1) is 12.8 Å². The Hall–Kier alpha value is -8.10. The number of nitrogens with zero attached hydrogens (tertiary/aromatic N) is 2. The molecule has 77 heavy (non-hydrogen) atoms. The number of aliphatic hydroxyl groups excluding tert-OH is 2. The van der Waals surface area contributed by atoms with Gasteiger partial charge in [-0.1, -0.05) is 42.4 Å². The summed E-state index contributed by atoms with van der Waals surface area (Å²) < 4.78 is 56.3. The Labute approximate surface area is 439 Å². The summed E-state index contributed by atoms with van der Waals surface area (Å²) in [6, 6.07) is 5.92. The number of hydrogen-bond acceptors (Lipinski definition) is 24. The maximum atomic E-state index is 12.7. The van der Waals surface area contributed by atoms with E-state index in [1.165, 1.54) is 59.4 Å². The van der Waals surface area contributed by atoms with Crippen LogP contribution >= 0.6 is 0 Å². The van der Waals surface area contributed by atoms with E-state index in [0.717, 1.165) is 0 Å². The first-order valence-corrected chi connectivity index (χ1v) is 23.3. The van der Waals surface area contributed by atoms with Crippen LogP contribution in [0.4, 0.5) is 9.59 Å². The molecular formula is C51H58N4O22.